The molecule has 0 radical (unpaired) electrons. The van der Waals surface area contributed by atoms with Crippen molar-refractivity contribution in [2.24, 2.45) is 5.92 Å². The summed E-state index contributed by atoms with van der Waals surface area (Å²) < 4.78 is 0. The van der Waals surface area contributed by atoms with Gasteiger partial charge in [-0.25, -0.2) is 0 Å². The van der Waals surface area contributed by atoms with Crippen molar-refractivity contribution in [3.8, 4) is 11.3 Å². The summed E-state index contributed by atoms with van der Waals surface area (Å²) in [5.41, 5.74) is 1.90. The van der Waals surface area contributed by atoms with Crippen LogP contribution in [0.2, 0.25) is 0 Å². The Hall–Kier alpha value is -2.96. The monoisotopic (exact) mass is 421 g/mol. The SMILES string of the molecule is CC(C)CC(=O)N(CC(=O)N1CCN(c2ccc(-c3ccccc3)nn2)CC1)C1CC1. The van der Waals surface area contributed by atoms with Crippen LogP contribution in [-0.4, -0.2) is 70.6 Å². The van der Waals surface area contributed by atoms with Crippen molar-refractivity contribution in [1.29, 1.82) is 0 Å². The normalized spacial score (nSPS) is 16.5. The molecule has 164 valence electrons. The molecule has 1 aliphatic carbocycles. The van der Waals surface area contributed by atoms with Crippen LogP contribution < -0.4 is 4.90 Å². The van der Waals surface area contributed by atoms with Gasteiger partial charge in [-0.3, -0.25) is 9.59 Å². The average Bonchev–Trinajstić information content (AvgIpc) is 3.63. The highest BCUT2D eigenvalue weighted by molar-refractivity contribution is 5.85. The van der Waals surface area contributed by atoms with E-state index >= 15 is 0 Å². The summed E-state index contributed by atoms with van der Waals surface area (Å²) in [6.45, 7) is 7.00. The van der Waals surface area contributed by atoms with Gasteiger partial charge in [-0.1, -0.05) is 44.2 Å². The van der Waals surface area contributed by atoms with Crippen LogP contribution in [0.5, 0.6) is 0 Å². The Morgan fingerprint density at radius 3 is 2.29 bits per heavy atom. The van der Waals surface area contributed by atoms with Gasteiger partial charge < -0.3 is 14.7 Å². The first kappa shape index (κ1) is 21.3. The van der Waals surface area contributed by atoms with Gasteiger partial charge in [-0.15, -0.1) is 10.2 Å². The molecule has 4 rings (SSSR count). The molecule has 2 aliphatic rings. The lowest BCUT2D eigenvalue weighted by atomic mass is 10.1. The van der Waals surface area contributed by atoms with E-state index in [1.807, 2.05) is 66.1 Å². The fraction of sp³-hybridized carbons (Fsp3) is 0.500. The molecule has 0 N–H and O–H groups in total. The molecule has 0 unspecified atom stereocenters. The molecular weight excluding hydrogens is 390 g/mol. The standard InChI is InChI=1S/C24H31N5O2/c1-18(2)16-23(30)29(20-8-9-20)17-24(31)28-14-12-27(13-15-28)22-11-10-21(25-26-22)19-6-4-3-5-7-19/h3-7,10-11,18,20H,8-9,12-17H2,1-2H3. The van der Waals surface area contributed by atoms with E-state index in [9.17, 15) is 9.59 Å². The molecule has 0 spiro atoms. The maximum absolute atomic E-state index is 12.9. The second-order valence-electron chi connectivity index (χ2n) is 8.86. The zero-order valence-electron chi connectivity index (χ0n) is 18.4. The summed E-state index contributed by atoms with van der Waals surface area (Å²) in [4.78, 5) is 31.3. The van der Waals surface area contributed by atoms with E-state index in [0.717, 1.165) is 29.9 Å². The van der Waals surface area contributed by atoms with Crippen LogP contribution in [0, 0.1) is 5.92 Å². The minimum absolute atomic E-state index is 0.0502. The van der Waals surface area contributed by atoms with Crippen molar-refractivity contribution in [2.45, 2.75) is 39.2 Å². The van der Waals surface area contributed by atoms with Gasteiger partial charge in [-0.2, -0.15) is 0 Å². The molecule has 1 aromatic carbocycles. The summed E-state index contributed by atoms with van der Waals surface area (Å²) in [5, 5.41) is 8.77. The molecule has 0 atom stereocenters. The number of hydrogen-bond donors (Lipinski definition) is 0. The third kappa shape index (κ3) is 5.40. The van der Waals surface area contributed by atoms with E-state index < -0.39 is 0 Å². The Labute approximate surface area is 184 Å². The first-order valence-electron chi connectivity index (χ1n) is 11.2. The van der Waals surface area contributed by atoms with Gasteiger partial charge in [0.25, 0.3) is 0 Å². The number of rotatable bonds is 7. The molecule has 1 saturated carbocycles. The van der Waals surface area contributed by atoms with Crippen molar-refractivity contribution in [3.63, 3.8) is 0 Å². The average molecular weight is 422 g/mol. The fourth-order valence-corrected chi connectivity index (χ4v) is 3.96. The number of aromatic nitrogens is 2. The quantitative estimate of drug-likeness (QED) is 0.688. The molecule has 0 bridgehead atoms. The molecule has 1 aliphatic heterocycles. The van der Waals surface area contributed by atoms with Crippen molar-refractivity contribution in [2.75, 3.05) is 37.6 Å². The number of carbonyl (C=O) groups is 2. The molecular formula is C24H31N5O2. The van der Waals surface area contributed by atoms with E-state index in [-0.39, 0.29) is 24.4 Å². The van der Waals surface area contributed by atoms with Crippen LogP contribution in [0.1, 0.15) is 33.1 Å². The first-order valence-corrected chi connectivity index (χ1v) is 11.2. The largest absolute Gasteiger partial charge is 0.352 e. The minimum Gasteiger partial charge on any atom is -0.352 e. The molecule has 2 aromatic rings. The third-order valence-electron chi connectivity index (χ3n) is 5.87. The number of anilines is 1. The molecule has 7 nitrogen and oxygen atoms in total. The van der Waals surface area contributed by atoms with Gasteiger partial charge in [0.1, 0.15) is 6.54 Å². The van der Waals surface area contributed by atoms with Crippen LogP contribution in [-0.2, 0) is 9.59 Å². The highest BCUT2D eigenvalue weighted by Gasteiger charge is 2.35. The molecule has 31 heavy (non-hydrogen) atoms. The zero-order chi connectivity index (χ0) is 21.8. The number of benzene rings is 1. The summed E-state index contributed by atoms with van der Waals surface area (Å²) in [6.07, 6.45) is 2.54. The van der Waals surface area contributed by atoms with E-state index in [1.165, 1.54) is 0 Å². The summed E-state index contributed by atoms with van der Waals surface area (Å²) in [6, 6.07) is 14.2. The Bertz CT molecular complexity index is 888. The van der Waals surface area contributed by atoms with Gasteiger partial charge in [0.05, 0.1) is 5.69 Å². The van der Waals surface area contributed by atoms with Crippen molar-refractivity contribution >= 4 is 17.6 Å². The molecule has 2 heterocycles. The predicted octanol–water partition coefficient (Wildman–Crippen LogP) is 2.83. The van der Waals surface area contributed by atoms with Gasteiger partial charge >= 0.3 is 0 Å². The molecule has 7 heteroatoms. The number of amides is 2. The summed E-state index contributed by atoms with van der Waals surface area (Å²) in [7, 11) is 0. The van der Waals surface area contributed by atoms with Gasteiger partial charge in [0.15, 0.2) is 5.82 Å². The summed E-state index contributed by atoms with van der Waals surface area (Å²) >= 11 is 0. The van der Waals surface area contributed by atoms with Crippen molar-refractivity contribution in [1.82, 2.24) is 20.0 Å². The first-order chi connectivity index (χ1) is 15.0. The van der Waals surface area contributed by atoms with Gasteiger partial charge in [-0.05, 0) is 30.9 Å². The van der Waals surface area contributed by atoms with E-state index in [1.54, 1.807) is 0 Å². The van der Waals surface area contributed by atoms with E-state index in [2.05, 4.69) is 15.1 Å². The fourth-order valence-electron chi connectivity index (χ4n) is 3.96. The third-order valence-corrected chi connectivity index (χ3v) is 5.87. The Kier molecular flexibility index (Phi) is 6.49. The van der Waals surface area contributed by atoms with Crippen LogP contribution in [0.4, 0.5) is 5.82 Å². The second-order valence-corrected chi connectivity index (χ2v) is 8.86. The van der Waals surface area contributed by atoms with Crippen LogP contribution >= 0.6 is 0 Å². The van der Waals surface area contributed by atoms with Crippen LogP contribution in [0.25, 0.3) is 11.3 Å². The molecule has 2 amide bonds. The number of piperazine rings is 1. The maximum Gasteiger partial charge on any atom is 0.242 e. The van der Waals surface area contributed by atoms with Crippen molar-refractivity contribution in [3.05, 3.63) is 42.5 Å². The van der Waals surface area contributed by atoms with E-state index in [0.29, 0.717) is 38.5 Å². The lowest BCUT2D eigenvalue weighted by molar-refractivity contribution is -0.141. The summed E-state index contributed by atoms with van der Waals surface area (Å²) in [5.74, 6) is 1.30. The maximum atomic E-state index is 12.9. The Balaban J connectivity index is 1.31. The Morgan fingerprint density at radius 2 is 1.71 bits per heavy atom. The predicted molar refractivity (Wildman–Crippen MR) is 120 cm³/mol. The molecule has 1 aromatic heterocycles. The number of nitrogens with zero attached hydrogens (tertiary/aromatic N) is 5. The van der Waals surface area contributed by atoms with Crippen molar-refractivity contribution < 1.29 is 9.59 Å². The minimum atomic E-state index is 0.0502. The molecule has 2 fully saturated rings. The lowest BCUT2D eigenvalue weighted by Crippen LogP contribution is -2.52. The second kappa shape index (κ2) is 9.45. The Morgan fingerprint density at radius 1 is 1.00 bits per heavy atom. The topological polar surface area (TPSA) is 69.6 Å². The highest BCUT2D eigenvalue weighted by Crippen LogP contribution is 2.28. The molecule has 1 saturated heterocycles. The highest BCUT2D eigenvalue weighted by atomic mass is 16.2. The van der Waals surface area contributed by atoms with E-state index in [4.69, 9.17) is 0 Å². The smallest absolute Gasteiger partial charge is 0.242 e. The number of hydrogen-bond acceptors (Lipinski definition) is 5. The van der Waals surface area contributed by atoms with Crippen LogP contribution in [0.15, 0.2) is 42.5 Å². The lowest BCUT2D eigenvalue weighted by Gasteiger charge is -2.36. The van der Waals surface area contributed by atoms with Crippen LogP contribution in [0.3, 0.4) is 0 Å². The van der Waals surface area contributed by atoms with Gasteiger partial charge in [0.2, 0.25) is 11.8 Å². The van der Waals surface area contributed by atoms with Gasteiger partial charge in [0, 0.05) is 44.2 Å². The number of carbonyl (C=O) groups excluding carboxylic acids is 2. The zero-order valence-corrected chi connectivity index (χ0v) is 18.4.